The standard InChI is InChI=1S/C26H26ClFN6O/c1-16-14-33(11-12-34(16)26(35)31-17(2)18-5-9-21(28)10-6-18)25-22-13-23(32-24(22)29-15-30-25)19-3-7-20(27)8-4-19/h3-10,13,15-17H,11-12,14H2,1-2H3,(H,31,35)(H,29,30,32)/t16-,17-/m1/s1. The first kappa shape index (κ1) is 23.1. The van der Waals surface area contributed by atoms with Crippen LogP contribution >= 0.6 is 11.6 Å². The number of nitrogens with zero attached hydrogens (tertiary/aromatic N) is 4. The Bertz CT molecular complexity index is 1340. The van der Waals surface area contributed by atoms with Gasteiger partial charge in [0.05, 0.1) is 11.4 Å². The quantitative estimate of drug-likeness (QED) is 0.400. The van der Waals surface area contributed by atoms with Gasteiger partial charge in [0.15, 0.2) is 0 Å². The van der Waals surface area contributed by atoms with Gasteiger partial charge in [-0.1, -0.05) is 35.9 Å². The fraction of sp³-hybridized carbons (Fsp3) is 0.269. The van der Waals surface area contributed by atoms with Crippen molar-refractivity contribution in [1.29, 1.82) is 0 Å². The summed E-state index contributed by atoms with van der Waals surface area (Å²) in [5.74, 6) is 0.552. The van der Waals surface area contributed by atoms with Crippen LogP contribution in [0.2, 0.25) is 5.02 Å². The minimum Gasteiger partial charge on any atom is -0.352 e. The molecule has 1 fully saturated rings. The van der Waals surface area contributed by atoms with Crippen molar-refractivity contribution in [1.82, 2.24) is 25.2 Å². The zero-order chi connectivity index (χ0) is 24.5. The zero-order valence-corrected chi connectivity index (χ0v) is 20.3. The van der Waals surface area contributed by atoms with Gasteiger partial charge in [-0.3, -0.25) is 0 Å². The summed E-state index contributed by atoms with van der Waals surface area (Å²) in [5.41, 5.74) is 3.59. The highest BCUT2D eigenvalue weighted by Gasteiger charge is 2.30. The van der Waals surface area contributed by atoms with E-state index in [1.54, 1.807) is 18.5 Å². The third kappa shape index (κ3) is 4.79. The van der Waals surface area contributed by atoms with Crippen molar-refractivity contribution in [2.45, 2.75) is 25.9 Å². The van der Waals surface area contributed by atoms with E-state index in [1.165, 1.54) is 12.1 Å². The molecule has 1 aliphatic rings. The molecule has 2 aromatic heterocycles. The SMILES string of the molecule is C[C@@H]1CN(c2ncnc3[nH]c(-c4ccc(Cl)cc4)cc23)CCN1C(=O)N[C@H](C)c1ccc(F)cc1. The van der Waals surface area contributed by atoms with Gasteiger partial charge in [-0.25, -0.2) is 19.2 Å². The number of halogens is 2. The normalized spacial score (nSPS) is 17.0. The van der Waals surface area contributed by atoms with Gasteiger partial charge in [0.2, 0.25) is 0 Å². The molecule has 4 aromatic rings. The second-order valence-electron chi connectivity index (χ2n) is 8.86. The minimum atomic E-state index is -0.293. The number of aromatic nitrogens is 3. The molecule has 2 atom stereocenters. The van der Waals surface area contributed by atoms with Crippen molar-refractivity contribution >= 4 is 34.5 Å². The van der Waals surface area contributed by atoms with Crippen LogP contribution in [0.3, 0.4) is 0 Å². The lowest BCUT2D eigenvalue weighted by atomic mass is 10.1. The number of urea groups is 1. The number of hydrogen-bond acceptors (Lipinski definition) is 4. The number of piperazine rings is 1. The van der Waals surface area contributed by atoms with E-state index < -0.39 is 0 Å². The Balaban J connectivity index is 1.30. The first-order valence-corrected chi connectivity index (χ1v) is 11.9. The molecule has 180 valence electrons. The van der Waals surface area contributed by atoms with Gasteiger partial charge in [-0.15, -0.1) is 0 Å². The Morgan fingerprint density at radius 1 is 1.14 bits per heavy atom. The fourth-order valence-electron chi connectivity index (χ4n) is 4.52. The zero-order valence-electron chi connectivity index (χ0n) is 19.5. The minimum absolute atomic E-state index is 0.0242. The average Bonchev–Trinajstić information content (AvgIpc) is 3.29. The predicted octanol–water partition coefficient (Wildman–Crippen LogP) is 5.40. The van der Waals surface area contributed by atoms with Gasteiger partial charge in [-0.2, -0.15) is 0 Å². The summed E-state index contributed by atoms with van der Waals surface area (Å²) >= 11 is 6.03. The fourth-order valence-corrected chi connectivity index (χ4v) is 4.64. The smallest absolute Gasteiger partial charge is 0.318 e. The summed E-state index contributed by atoms with van der Waals surface area (Å²) in [7, 11) is 0. The van der Waals surface area contributed by atoms with Crippen LogP contribution in [0, 0.1) is 5.82 Å². The topological polar surface area (TPSA) is 77.2 Å². The van der Waals surface area contributed by atoms with Crippen molar-refractivity contribution in [2.24, 2.45) is 0 Å². The lowest BCUT2D eigenvalue weighted by molar-refractivity contribution is 0.168. The lowest BCUT2D eigenvalue weighted by Crippen LogP contribution is -2.57. The Morgan fingerprint density at radius 2 is 1.89 bits per heavy atom. The summed E-state index contributed by atoms with van der Waals surface area (Å²) in [6, 6.07) is 15.5. The molecule has 3 heterocycles. The van der Waals surface area contributed by atoms with E-state index in [9.17, 15) is 9.18 Å². The molecule has 2 amide bonds. The van der Waals surface area contributed by atoms with Crippen LogP contribution in [-0.2, 0) is 0 Å². The van der Waals surface area contributed by atoms with E-state index in [1.807, 2.05) is 43.0 Å². The predicted molar refractivity (Wildman–Crippen MR) is 136 cm³/mol. The molecule has 0 saturated carbocycles. The molecule has 2 N–H and O–H groups in total. The van der Waals surface area contributed by atoms with E-state index in [0.717, 1.165) is 33.7 Å². The van der Waals surface area contributed by atoms with E-state index in [4.69, 9.17) is 11.6 Å². The highest BCUT2D eigenvalue weighted by molar-refractivity contribution is 6.30. The largest absolute Gasteiger partial charge is 0.352 e. The molecular formula is C26H26ClFN6O. The van der Waals surface area contributed by atoms with E-state index >= 15 is 0 Å². The Hall–Kier alpha value is -3.65. The maximum atomic E-state index is 13.2. The number of H-pyrrole nitrogens is 1. The Kier molecular flexibility index (Phi) is 6.30. The van der Waals surface area contributed by atoms with Gasteiger partial charge >= 0.3 is 6.03 Å². The number of benzene rings is 2. The molecule has 1 aliphatic heterocycles. The van der Waals surface area contributed by atoms with Crippen molar-refractivity contribution in [3.63, 3.8) is 0 Å². The molecule has 35 heavy (non-hydrogen) atoms. The molecule has 7 nitrogen and oxygen atoms in total. The van der Waals surface area contributed by atoms with Gasteiger partial charge in [-0.05, 0) is 55.3 Å². The number of aromatic amines is 1. The summed E-state index contributed by atoms with van der Waals surface area (Å²) in [6.07, 6.45) is 1.56. The summed E-state index contributed by atoms with van der Waals surface area (Å²) in [6.45, 7) is 5.78. The van der Waals surface area contributed by atoms with Crippen LogP contribution in [0.1, 0.15) is 25.5 Å². The molecule has 1 saturated heterocycles. The molecule has 0 radical (unpaired) electrons. The van der Waals surface area contributed by atoms with Crippen molar-refractivity contribution in [2.75, 3.05) is 24.5 Å². The molecule has 0 bridgehead atoms. The Labute approximate surface area is 207 Å². The van der Waals surface area contributed by atoms with Crippen LogP contribution in [0.5, 0.6) is 0 Å². The van der Waals surface area contributed by atoms with Gasteiger partial charge in [0, 0.05) is 36.4 Å². The third-order valence-corrected chi connectivity index (χ3v) is 6.71. The third-order valence-electron chi connectivity index (χ3n) is 6.46. The van der Waals surface area contributed by atoms with Crippen LogP contribution in [-0.4, -0.2) is 51.6 Å². The molecular weight excluding hydrogens is 467 g/mol. The van der Waals surface area contributed by atoms with Gasteiger partial charge in [0.1, 0.15) is 23.6 Å². The first-order valence-electron chi connectivity index (χ1n) is 11.6. The molecule has 0 aliphatic carbocycles. The number of hydrogen-bond donors (Lipinski definition) is 2. The molecule has 0 unspecified atom stereocenters. The van der Waals surface area contributed by atoms with E-state index in [0.29, 0.717) is 24.7 Å². The number of carbonyl (C=O) groups excluding carboxylic acids is 1. The van der Waals surface area contributed by atoms with Gasteiger partial charge in [0.25, 0.3) is 0 Å². The number of fused-ring (bicyclic) bond motifs is 1. The van der Waals surface area contributed by atoms with Crippen molar-refractivity contribution in [3.8, 4) is 11.3 Å². The summed E-state index contributed by atoms with van der Waals surface area (Å²) < 4.78 is 13.2. The van der Waals surface area contributed by atoms with E-state index in [2.05, 4.69) is 31.2 Å². The summed E-state index contributed by atoms with van der Waals surface area (Å²) in [5, 5.41) is 4.66. The molecule has 9 heteroatoms. The maximum Gasteiger partial charge on any atom is 0.318 e. The Morgan fingerprint density at radius 3 is 2.60 bits per heavy atom. The monoisotopic (exact) mass is 492 g/mol. The van der Waals surface area contributed by atoms with Crippen molar-refractivity contribution in [3.05, 3.63) is 77.3 Å². The number of rotatable bonds is 4. The number of nitrogens with one attached hydrogen (secondary N) is 2. The number of anilines is 1. The van der Waals surface area contributed by atoms with Crippen LogP contribution in [0.25, 0.3) is 22.3 Å². The second-order valence-corrected chi connectivity index (χ2v) is 9.30. The van der Waals surface area contributed by atoms with Crippen LogP contribution in [0.4, 0.5) is 15.0 Å². The average molecular weight is 493 g/mol. The molecule has 5 rings (SSSR count). The molecule has 0 spiro atoms. The maximum absolute atomic E-state index is 13.2. The number of carbonyl (C=O) groups is 1. The summed E-state index contributed by atoms with van der Waals surface area (Å²) in [4.78, 5) is 29.4. The van der Waals surface area contributed by atoms with Gasteiger partial charge < -0.3 is 20.1 Å². The molecule has 2 aromatic carbocycles. The second kappa shape index (κ2) is 9.54. The van der Waals surface area contributed by atoms with Crippen LogP contribution in [0.15, 0.2) is 60.9 Å². The van der Waals surface area contributed by atoms with E-state index in [-0.39, 0.29) is 23.9 Å². The van der Waals surface area contributed by atoms with Crippen LogP contribution < -0.4 is 10.2 Å². The lowest BCUT2D eigenvalue weighted by Gasteiger charge is -2.40. The highest BCUT2D eigenvalue weighted by Crippen LogP contribution is 2.30. The first-order chi connectivity index (χ1) is 16.9. The number of amides is 2. The van der Waals surface area contributed by atoms with Crippen molar-refractivity contribution < 1.29 is 9.18 Å². The highest BCUT2D eigenvalue weighted by atomic mass is 35.5.